The molecule has 2 aromatic rings. The number of rotatable bonds is 5. The van der Waals surface area contributed by atoms with Crippen molar-refractivity contribution in [1.29, 1.82) is 5.26 Å². The van der Waals surface area contributed by atoms with Gasteiger partial charge in [0, 0.05) is 6.04 Å². The van der Waals surface area contributed by atoms with Crippen molar-refractivity contribution in [1.82, 2.24) is 9.55 Å². The van der Waals surface area contributed by atoms with Gasteiger partial charge in [0.05, 0.1) is 28.5 Å². The molecule has 1 aromatic heterocycles. The Morgan fingerprint density at radius 1 is 1.42 bits per heavy atom. The first kappa shape index (κ1) is 13.9. The molecular weight excluding hydrogens is 258 g/mol. The summed E-state index contributed by atoms with van der Waals surface area (Å²) in [5.41, 5.74) is 2.61. The predicted octanol–water partition coefficient (Wildman–Crippen LogP) is 4.40. The van der Waals surface area contributed by atoms with E-state index in [2.05, 4.69) is 29.5 Å². The summed E-state index contributed by atoms with van der Waals surface area (Å²) in [6, 6.07) is 8.21. The maximum atomic E-state index is 9.05. The number of halogens is 1. The molecule has 0 amide bonds. The Morgan fingerprint density at radius 2 is 2.21 bits per heavy atom. The highest BCUT2D eigenvalue weighted by Gasteiger charge is 2.17. The second kappa shape index (κ2) is 6.08. The summed E-state index contributed by atoms with van der Waals surface area (Å²) in [6.45, 7) is 4.36. The lowest BCUT2D eigenvalue weighted by Crippen LogP contribution is -2.11. The third kappa shape index (κ3) is 2.59. The fourth-order valence-electron chi connectivity index (χ4n) is 2.56. The summed E-state index contributed by atoms with van der Waals surface area (Å²) in [6.07, 6.45) is 3.26. The second-order valence-electron chi connectivity index (χ2n) is 4.70. The Morgan fingerprint density at radius 3 is 2.79 bits per heavy atom. The zero-order valence-electron chi connectivity index (χ0n) is 11.4. The van der Waals surface area contributed by atoms with Gasteiger partial charge in [-0.05, 0) is 31.0 Å². The van der Waals surface area contributed by atoms with Gasteiger partial charge in [-0.3, -0.25) is 0 Å². The standard InChI is InChI=1S/C15H18ClN3/c1-3-5-12(4-2)19-14-8-11(10-17)6-7-13(14)18-15(19)9-16/h6-8,12H,3-5,9H2,1-2H3. The molecule has 4 heteroatoms. The zero-order valence-corrected chi connectivity index (χ0v) is 12.1. The number of fused-ring (bicyclic) bond motifs is 1. The van der Waals surface area contributed by atoms with E-state index in [4.69, 9.17) is 16.9 Å². The van der Waals surface area contributed by atoms with E-state index < -0.39 is 0 Å². The van der Waals surface area contributed by atoms with Crippen LogP contribution in [-0.2, 0) is 5.88 Å². The van der Waals surface area contributed by atoms with Gasteiger partial charge in [0.2, 0.25) is 0 Å². The third-order valence-corrected chi connectivity index (χ3v) is 3.71. The summed E-state index contributed by atoms with van der Waals surface area (Å²) in [5, 5.41) is 9.05. The zero-order chi connectivity index (χ0) is 13.8. The van der Waals surface area contributed by atoms with Gasteiger partial charge in [-0.25, -0.2) is 4.98 Å². The van der Waals surface area contributed by atoms with Crippen molar-refractivity contribution in [3.63, 3.8) is 0 Å². The maximum Gasteiger partial charge on any atom is 0.125 e. The van der Waals surface area contributed by atoms with Crippen LogP contribution in [0, 0.1) is 11.3 Å². The van der Waals surface area contributed by atoms with Gasteiger partial charge in [0.1, 0.15) is 5.82 Å². The van der Waals surface area contributed by atoms with E-state index in [1.807, 2.05) is 12.1 Å². The number of imidazole rings is 1. The summed E-state index contributed by atoms with van der Waals surface area (Å²) >= 11 is 6.03. The average Bonchev–Trinajstić information content (AvgIpc) is 2.82. The second-order valence-corrected chi connectivity index (χ2v) is 4.96. The molecule has 0 radical (unpaired) electrons. The fraction of sp³-hybridized carbons (Fsp3) is 0.467. The molecule has 1 heterocycles. The van der Waals surface area contributed by atoms with Gasteiger partial charge in [0.15, 0.2) is 0 Å². The first-order valence-electron chi connectivity index (χ1n) is 6.72. The molecule has 1 aromatic carbocycles. The molecule has 0 fully saturated rings. The van der Waals surface area contributed by atoms with E-state index in [1.54, 1.807) is 6.07 Å². The number of hydrogen-bond donors (Lipinski definition) is 0. The predicted molar refractivity (Wildman–Crippen MR) is 78.2 cm³/mol. The van der Waals surface area contributed by atoms with Gasteiger partial charge >= 0.3 is 0 Å². The van der Waals surface area contributed by atoms with Crippen molar-refractivity contribution in [2.75, 3.05) is 0 Å². The fourth-order valence-corrected chi connectivity index (χ4v) is 2.75. The Balaban J connectivity index is 2.64. The molecule has 0 aliphatic carbocycles. The van der Waals surface area contributed by atoms with Gasteiger partial charge in [0.25, 0.3) is 0 Å². The molecule has 0 N–H and O–H groups in total. The molecule has 100 valence electrons. The Labute approximate surface area is 118 Å². The minimum atomic E-state index is 0.400. The van der Waals surface area contributed by atoms with Gasteiger partial charge in [-0.2, -0.15) is 5.26 Å². The van der Waals surface area contributed by atoms with E-state index in [1.165, 1.54) is 0 Å². The van der Waals surface area contributed by atoms with E-state index in [0.717, 1.165) is 36.1 Å². The molecule has 1 atom stereocenters. The van der Waals surface area contributed by atoms with Crippen LogP contribution >= 0.6 is 11.6 Å². The molecule has 0 saturated carbocycles. The summed E-state index contributed by atoms with van der Waals surface area (Å²) in [7, 11) is 0. The van der Waals surface area contributed by atoms with E-state index in [-0.39, 0.29) is 0 Å². The number of hydrogen-bond acceptors (Lipinski definition) is 2. The first-order chi connectivity index (χ1) is 9.24. The SMILES string of the molecule is CCCC(CC)n1c(CCl)nc2ccc(C#N)cc21. The monoisotopic (exact) mass is 275 g/mol. The molecule has 19 heavy (non-hydrogen) atoms. The van der Waals surface area contributed by atoms with Crippen LogP contribution in [0.3, 0.4) is 0 Å². The lowest BCUT2D eigenvalue weighted by molar-refractivity contribution is 0.448. The van der Waals surface area contributed by atoms with Crippen LogP contribution < -0.4 is 0 Å². The van der Waals surface area contributed by atoms with Crippen LogP contribution in [0.1, 0.15) is 50.5 Å². The molecule has 0 aliphatic rings. The van der Waals surface area contributed by atoms with Crippen molar-refractivity contribution < 1.29 is 0 Å². The summed E-state index contributed by atoms with van der Waals surface area (Å²) in [5.74, 6) is 1.30. The highest BCUT2D eigenvalue weighted by atomic mass is 35.5. The van der Waals surface area contributed by atoms with Crippen LogP contribution in [-0.4, -0.2) is 9.55 Å². The molecule has 3 nitrogen and oxygen atoms in total. The largest absolute Gasteiger partial charge is 0.324 e. The lowest BCUT2D eigenvalue weighted by atomic mass is 10.1. The number of benzene rings is 1. The van der Waals surface area contributed by atoms with Crippen LogP contribution in [0.25, 0.3) is 11.0 Å². The Kier molecular flexibility index (Phi) is 4.44. The number of nitriles is 1. The third-order valence-electron chi connectivity index (χ3n) is 3.47. The van der Waals surface area contributed by atoms with E-state index in [0.29, 0.717) is 17.5 Å². The average molecular weight is 276 g/mol. The molecule has 0 aliphatic heterocycles. The Hall–Kier alpha value is -1.53. The van der Waals surface area contributed by atoms with Crippen LogP contribution in [0.15, 0.2) is 18.2 Å². The quantitative estimate of drug-likeness (QED) is 0.759. The van der Waals surface area contributed by atoms with Crippen molar-refractivity contribution in [2.45, 2.75) is 45.0 Å². The normalized spacial score (nSPS) is 12.5. The highest BCUT2D eigenvalue weighted by Crippen LogP contribution is 2.28. The molecule has 0 bridgehead atoms. The number of alkyl halides is 1. The van der Waals surface area contributed by atoms with Crippen molar-refractivity contribution >= 4 is 22.6 Å². The molecule has 2 rings (SSSR count). The smallest absolute Gasteiger partial charge is 0.125 e. The minimum absolute atomic E-state index is 0.400. The van der Waals surface area contributed by atoms with Crippen molar-refractivity contribution in [2.24, 2.45) is 0 Å². The van der Waals surface area contributed by atoms with Crippen molar-refractivity contribution in [3.05, 3.63) is 29.6 Å². The number of aromatic nitrogens is 2. The lowest BCUT2D eigenvalue weighted by Gasteiger charge is -2.19. The van der Waals surface area contributed by atoms with Crippen LogP contribution in [0.2, 0.25) is 0 Å². The maximum absolute atomic E-state index is 9.05. The summed E-state index contributed by atoms with van der Waals surface area (Å²) < 4.78 is 2.21. The molecule has 0 saturated heterocycles. The number of nitrogens with zero attached hydrogens (tertiary/aromatic N) is 3. The van der Waals surface area contributed by atoms with Gasteiger partial charge < -0.3 is 4.57 Å². The summed E-state index contributed by atoms with van der Waals surface area (Å²) in [4.78, 5) is 4.58. The van der Waals surface area contributed by atoms with Gasteiger partial charge in [-0.1, -0.05) is 20.3 Å². The van der Waals surface area contributed by atoms with Crippen molar-refractivity contribution in [3.8, 4) is 6.07 Å². The van der Waals surface area contributed by atoms with Crippen LogP contribution in [0.4, 0.5) is 0 Å². The molecule has 1 unspecified atom stereocenters. The topological polar surface area (TPSA) is 41.6 Å². The van der Waals surface area contributed by atoms with Gasteiger partial charge in [-0.15, -0.1) is 11.6 Å². The molecule has 0 spiro atoms. The Bertz CT molecular complexity index is 610. The van der Waals surface area contributed by atoms with Crippen LogP contribution in [0.5, 0.6) is 0 Å². The van der Waals surface area contributed by atoms with E-state index >= 15 is 0 Å². The highest BCUT2D eigenvalue weighted by molar-refractivity contribution is 6.16. The minimum Gasteiger partial charge on any atom is -0.324 e. The first-order valence-corrected chi connectivity index (χ1v) is 7.25. The van der Waals surface area contributed by atoms with E-state index in [9.17, 15) is 0 Å². The molecular formula is C15H18ClN3.